The van der Waals surface area contributed by atoms with Crippen LogP contribution in [-0.4, -0.2) is 35.5 Å². The lowest BCUT2D eigenvalue weighted by Crippen LogP contribution is -2.29. The molecule has 1 saturated heterocycles. The maximum atomic E-state index is 13.5. The lowest BCUT2D eigenvalue weighted by molar-refractivity contribution is -0.132. The number of nitrogens with zero attached hydrogens (tertiary/aromatic N) is 2. The summed E-state index contributed by atoms with van der Waals surface area (Å²) in [5.41, 5.74) is 2.74. The number of Topliss-reactive ketones (excluding diaryl/α,β-unsaturated/α-hetero) is 1. The number of rotatable bonds is 6. The summed E-state index contributed by atoms with van der Waals surface area (Å²) in [4.78, 5) is 32.9. The van der Waals surface area contributed by atoms with E-state index in [1.807, 2.05) is 32.0 Å². The lowest BCUT2D eigenvalue weighted by atomic mass is 9.94. The number of hydrogen-bond donors (Lipinski definition) is 1. The van der Waals surface area contributed by atoms with Crippen molar-refractivity contribution in [1.82, 2.24) is 4.98 Å². The van der Waals surface area contributed by atoms with Gasteiger partial charge >= 0.3 is 5.91 Å². The highest BCUT2D eigenvalue weighted by Crippen LogP contribution is 2.46. The Hall–Kier alpha value is -4.17. The van der Waals surface area contributed by atoms with Crippen LogP contribution in [0.5, 0.6) is 11.5 Å². The third-order valence-electron chi connectivity index (χ3n) is 6.06. The number of ketones is 1. The number of ether oxygens (including phenoxy) is 2. The minimum atomic E-state index is -0.922. The minimum absolute atomic E-state index is 0.0240. The number of carbonyl (C=O) groups excluding carboxylic acids is 2. The van der Waals surface area contributed by atoms with E-state index in [4.69, 9.17) is 9.47 Å². The molecule has 1 aliphatic heterocycles. The Labute approximate surface area is 212 Å². The molecule has 7 nitrogen and oxygen atoms in total. The van der Waals surface area contributed by atoms with Crippen molar-refractivity contribution in [3.8, 4) is 11.5 Å². The van der Waals surface area contributed by atoms with Gasteiger partial charge in [0.05, 0.1) is 29.5 Å². The maximum absolute atomic E-state index is 13.5. The van der Waals surface area contributed by atoms with Crippen LogP contribution < -0.4 is 14.4 Å². The van der Waals surface area contributed by atoms with Crippen molar-refractivity contribution in [3.05, 3.63) is 89.0 Å². The van der Waals surface area contributed by atoms with Gasteiger partial charge in [-0.05, 0) is 61.9 Å². The van der Waals surface area contributed by atoms with Crippen molar-refractivity contribution in [3.63, 3.8) is 0 Å². The number of aliphatic hydroxyl groups excluding tert-OH is 1. The van der Waals surface area contributed by atoms with Gasteiger partial charge in [-0.3, -0.25) is 14.5 Å². The van der Waals surface area contributed by atoms with E-state index < -0.39 is 17.7 Å². The van der Waals surface area contributed by atoms with Crippen LogP contribution in [0.3, 0.4) is 0 Å². The molecule has 1 aliphatic rings. The van der Waals surface area contributed by atoms with Crippen LogP contribution in [0.1, 0.15) is 29.7 Å². The van der Waals surface area contributed by atoms with E-state index in [1.54, 1.807) is 48.5 Å². The zero-order chi connectivity index (χ0) is 25.4. The second kappa shape index (κ2) is 9.47. The van der Waals surface area contributed by atoms with Crippen LogP contribution in [0.4, 0.5) is 5.13 Å². The Morgan fingerprint density at radius 2 is 1.83 bits per heavy atom. The van der Waals surface area contributed by atoms with Crippen molar-refractivity contribution >= 4 is 44.1 Å². The van der Waals surface area contributed by atoms with Crippen LogP contribution in [-0.2, 0) is 9.59 Å². The number of para-hydroxylation sites is 1. The summed E-state index contributed by atoms with van der Waals surface area (Å²) >= 11 is 1.32. The van der Waals surface area contributed by atoms with Crippen LogP contribution in [0, 0.1) is 6.92 Å². The fraction of sp³-hybridized carbons (Fsp3) is 0.179. The second-order valence-corrected chi connectivity index (χ2v) is 9.35. The Bertz CT molecular complexity index is 1510. The molecule has 1 N–H and O–H groups in total. The van der Waals surface area contributed by atoms with E-state index >= 15 is 0 Å². The molecule has 1 amide bonds. The first-order valence-corrected chi connectivity index (χ1v) is 12.3. The average molecular weight is 501 g/mol. The van der Waals surface area contributed by atoms with E-state index in [1.165, 1.54) is 23.3 Å². The quantitative estimate of drug-likeness (QED) is 0.209. The summed E-state index contributed by atoms with van der Waals surface area (Å²) in [6, 6.07) is 18.8. The molecule has 4 aromatic rings. The first kappa shape index (κ1) is 23.6. The van der Waals surface area contributed by atoms with E-state index in [0.29, 0.717) is 34.4 Å². The maximum Gasteiger partial charge on any atom is 0.301 e. The standard InChI is InChI=1S/C28H24N2O5S/c1-4-35-18-12-10-17(11-13-18)25(31)23-24(19-7-5-6-8-21(19)34-3)30(27(33)26(23)32)28-29-20-14-9-16(2)15-22(20)36-28/h5-15,24,31H,4H2,1-3H3/b25-23+/t24-/m1/s1. The van der Waals surface area contributed by atoms with Crippen LogP contribution >= 0.6 is 11.3 Å². The zero-order valence-corrected chi connectivity index (χ0v) is 20.8. The summed E-state index contributed by atoms with van der Waals surface area (Å²) in [6.45, 7) is 4.37. The second-order valence-electron chi connectivity index (χ2n) is 8.34. The molecule has 1 fully saturated rings. The smallest absolute Gasteiger partial charge is 0.301 e. The number of aromatic nitrogens is 1. The number of benzene rings is 3. The molecule has 182 valence electrons. The summed E-state index contributed by atoms with van der Waals surface area (Å²) in [6.07, 6.45) is 0. The van der Waals surface area contributed by atoms with Gasteiger partial charge in [-0.15, -0.1) is 0 Å². The van der Waals surface area contributed by atoms with E-state index in [0.717, 1.165) is 15.8 Å². The first-order chi connectivity index (χ1) is 17.4. The molecule has 0 saturated carbocycles. The van der Waals surface area contributed by atoms with Crippen molar-refractivity contribution in [2.75, 3.05) is 18.6 Å². The molecule has 2 heterocycles. The Morgan fingerprint density at radius 3 is 2.56 bits per heavy atom. The topological polar surface area (TPSA) is 89.0 Å². The normalized spacial score (nSPS) is 17.1. The number of aliphatic hydroxyl groups is 1. The summed E-state index contributed by atoms with van der Waals surface area (Å²) < 4.78 is 12.0. The largest absolute Gasteiger partial charge is 0.507 e. The number of fused-ring (bicyclic) bond motifs is 1. The van der Waals surface area contributed by atoms with E-state index in [2.05, 4.69) is 4.98 Å². The highest BCUT2D eigenvalue weighted by Gasteiger charge is 2.49. The first-order valence-electron chi connectivity index (χ1n) is 11.5. The van der Waals surface area contributed by atoms with Crippen molar-refractivity contribution in [1.29, 1.82) is 0 Å². The molecule has 3 aromatic carbocycles. The number of hydrogen-bond acceptors (Lipinski definition) is 7. The molecular formula is C28H24N2O5S. The summed E-state index contributed by atoms with van der Waals surface area (Å²) in [5.74, 6) is -0.682. The van der Waals surface area contributed by atoms with E-state index in [9.17, 15) is 14.7 Å². The predicted molar refractivity (Wildman–Crippen MR) is 140 cm³/mol. The van der Waals surface area contributed by atoms with Crippen molar-refractivity contribution < 1.29 is 24.2 Å². The molecule has 8 heteroatoms. The molecule has 1 atom stereocenters. The molecule has 36 heavy (non-hydrogen) atoms. The van der Waals surface area contributed by atoms with Crippen molar-refractivity contribution in [2.45, 2.75) is 19.9 Å². The molecule has 5 rings (SSSR count). The molecule has 0 radical (unpaired) electrons. The molecule has 0 spiro atoms. The number of anilines is 1. The van der Waals surface area contributed by atoms with Gasteiger partial charge < -0.3 is 14.6 Å². The van der Waals surface area contributed by atoms with E-state index in [-0.39, 0.29) is 11.3 Å². The van der Waals surface area contributed by atoms with Gasteiger partial charge in [0.2, 0.25) is 0 Å². The number of aryl methyl sites for hydroxylation is 1. The van der Waals surface area contributed by atoms with Gasteiger partial charge in [0.25, 0.3) is 5.78 Å². The Balaban J connectivity index is 1.71. The third-order valence-corrected chi connectivity index (χ3v) is 7.07. The fourth-order valence-corrected chi connectivity index (χ4v) is 5.46. The number of carbonyl (C=O) groups is 2. The van der Waals surface area contributed by atoms with Gasteiger partial charge in [-0.25, -0.2) is 4.98 Å². The van der Waals surface area contributed by atoms with Gasteiger partial charge in [0, 0.05) is 11.1 Å². The van der Waals surface area contributed by atoms with Gasteiger partial charge in [0.15, 0.2) is 5.13 Å². The van der Waals surface area contributed by atoms with Gasteiger partial charge in [-0.1, -0.05) is 35.6 Å². The highest BCUT2D eigenvalue weighted by molar-refractivity contribution is 7.22. The molecule has 1 aromatic heterocycles. The van der Waals surface area contributed by atoms with Crippen LogP contribution in [0.25, 0.3) is 16.0 Å². The summed E-state index contributed by atoms with van der Waals surface area (Å²) in [7, 11) is 1.53. The van der Waals surface area contributed by atoms with Crippen LogP contribution in [0.2, 0.25) is 0 Å². The zero-order valence-electron chi connectivity index (χ0n) is 20.0. The third kappa shape index (κ3) is 3.99. The van der Waals surface area contributed by atoms with Gasteiger partial charge in [-0.2, -0.15) is 0 Å². The monoisotopic (exact) mass is 500 g/mol. The SMILES string of the molecule is CCOc1ccc(/C(O)=C2\C(=O)C(=O)N(c3nc4ccc(C)cc4s3)[C@@H]2c2ccccc2OC)cc1. The summed E-state index contributed by atoms with van der Waals surface area (Å²) in [5, 5.41) is 11.7. The minimum Gasteiger partial charge on any atom is -0.507 e. The molecular weight excluding hydrogens is 476 g/mol. The number of amides is 1. The molecule has 0 unspecified atom stereocenters. The molecule has 0 aliphatic carbocycles. The van der Waals surface area contributed by atoms with Gasteiger partial charge in [0.1, 0.15) is 23.3 Å². The number of thiazole rings is 1. The highest BCUT2D eigenvalue weighted by atomic mass is 32.1. The molecule has 0 bridgehead atoms. The number of methoxy groups -OCH3 is 1. The van der Waals surface area contributed by atoms with Crippen LogP contribution in [0.15, 0.2) is 72.3 Å². The fourth-order valence-electron chi connectivity index (χ4n) is 4.37. The Kier molecular flexibility index (Phi) is 6.20. The lowest BCUT2D eigenvalue weighted by Gasteiger charge is -2.24. The predicted octanol–water partition coefficient (Wildman–Crippen LogP) is 5.64. The van der Waals surface area contributed by atoms with Crippen molar-refractivity contribution in [2.24, 2.45) is 0 Å². The Morgan fingerprint density at radius 1 is 1.08 bits per heavy atom. The average Bonchev–Trinajstić information content (AvgIpc) is 3.41.